The number of hydrogen-bond acceptors (Lipinski definition) is 11. The Hall–Kier alpha value is -2.20. The van der Waals surface area contributed by atoms with E-state index < -0.39 is 59.8 Å². The Morgan fingerprint density at radius 1 is 0.661 bits per heavy atom. The second kappa shape index (κ2) is 37.6. The maximum absolute atomic E-state index is 12.8. The normalized spacial score (nSPS) is 20.9. The topological polar surface area (TPSA) is 178 Å². The van der Waals surface area contributed by atoms with Gasteiger partial charge in [0, 0.05) is 13.0 Å². The van der Waals surface area contributed by atoms with E-state index in [0.29, 0.717) is 13.0 Å². The third-order valence-corrected chi connectivity index (χ3v) is 10.4. The summed E-state index contributed by atoms with van der Waals surface area (Å²) in [6, 6.07) is 0. The fourth-order valence-corrected chi connectivity index (χ4v) is 7.03. The summed E-state index contributed by atoms with van der Waals surface area (Å²) in [6.07, 6.45) is 36.8. The number of unbranched alkanes of at least 4 members (excludes halogenated alkanes) is 15. The maximum atomic E-state index is 12.8. The zero-order valence-electron chi connectivity index (χ0n) is 36.3. The highest BCUT2D eigenvalue weighted by Gasteiger charge is 2.48. The fourth-order valence-electron chi connectivity index (χ4n) is 6.52. The first-order valence-corrected chi connectivity index (χ1v) is 23.9. The highest BCUT2D eigenvalue weighted by molar-refractivity contribution is 7.80. The van der Waals surface area contributed by atoms with E-state index in [1.807, 2.05) is 0 Å². The van der Waals surface area contributed by atoms with E-state index >= 15 is 0 Å². The van der Waals surface area contributed by atoms with Crippen molar-refractivity contribution in [2.24, 2.45) is 0 Å². The molecule has 0 spiro atoms. The highest BCUT2D eigenvalue weighted by atomic mass is 32.3. The Balaban J connectivity index is 2.46. The number of esters is 1. The summed E-state index contributed by atoms with van der Waals surface area (Å²) in [6.45, 7) is 3.83. The van der Waals surface area contributed by atoms with Crippen LogP contribution in [0.4, 0.5) is 0 Å². The summed E-state index contributed by atoms with van der Waals surface area (Å²) in [7, 11) is -5.07. The second-order valence-corrected chi connectivity index (χ2v) is 16.3. The van der Waals surface area contributed by atoms with Gasteiger partial charge < -0.3 is 34.3 Å². The minimum Gasteiger partial charge on any atom is -0.457 e. The average Bonchev–Trinajstić information content (AvgIpc) is 3.20. The van der Waals surface area contributed by atoms with E-state index in [2.05, 4.69) is 78.8 Å². The summed E-state index contributed by atoms with van der Waals surface area (Å²) < 4.78 is 59.0. The van der Waals surface area contributed by atoms with Gasteiger partial charge in [0.2, 0.25) is 0 Å². The number of ether oxygens (including phenoxy) is 4. The van der Waals surface area contributed by atoms with Crippen molar-refractivity contribution in [1.82, 2.24) is 0 Å². The molecule has 6 unspecified atom stereocenters. The first-order chi connectivity index (χ1) is 28.6. The van der Waals surface area contributed by atoms with Gasteiger partial charge in [0.25, 0.3) is 0 Å². The molecule has 1 aliphatic heterocycles. The number of carbonyl (C=O) groups is 1. The van der Waals surface area contributed by atoms with Gasteiger partial charge in [-0.1, -0.05) is 158 Å². The lowest BCUT2D eigenvalue weighted by Crippen LogP contribution is -2.60. The molecule has 6 atom stereocenters. The molecule has 0 saturated carbocycles. The van der Waals surface area contributed by atoms with Gasteiger partial charge in [-0.05, 0) is 57.8 Å². The lowest BCUT2D eigenvalue weighted by Gasteiger charge is -2.41. The monoisotopic (exact) mass is 857 g/mol. The van der Waals surface area contributed by atoms with Crippen molar-refractivity contribution in [3.8, 4) is 0 Å². The van der Waals surface area contributed by atoms with Crippen LogP contribution in [-0.4, -0.2) is 97.5 Å². The summed E-state index contributed by atoms with van der Waals surface area (Å²) in [5, 5.41) is 30.6. The second-order valence-electron chi connectivity index (χ2n) is 15.3. The van der Waals surface area contributed by atoms with Crippen molar-refractivity contribution in [3.63, 3.8) is 0 Å². The number of aliphatic hydroxyl groups is 3. The minimum absolute atomic E-state index is 0.0217. The van der Waals surface area contributed by atoms with Crippen molar-refractivity contribution in [2.75, 3.05) is 26.4 Å². The number of allylic oxidation sites excluding steroid dienone is 10. The van der Waals surface area contributed by atoms with Gasteiger partial charge in [-0.3, -0.25) is 9.35 Å². The number of hydrogen-bond donors (Lipinski definition) is 4. The summed E-state index contributed by atoms with van der Waals surface area (Å²) in [5.41, 5.74) is 0. The molecule has 342 valence electrons. The van der Waals surface area contributed by atoms with Crippen LogP contribution in [0.25, 0.3) is 0 Å². The SMILES string of the molecule is CC/C=C\C/C=C\C/C=C\C/C=C\C/C=C\CCCCCC(=O)OC(COCCCCCCCCCCCCCCC)COC1OC(CO)C(O)C(OS(=O)(=O)O)C1O. The van der Waals surface area contributed by atoms with Crippen LogP contribution in [0.15, 0.2) is 60.8 Å². The van der Waals surface area contributed by atoms with Gasteiger partial charge in [0.05, 0.1) is 19.8 Å². The first-order valence-electron chi connectivity index (χ1n) is 22.5. The fraction of sp³-hybridized carbons (Fsp3) is 0.761. The lowest BCUT2D eigenvalue weighted by atomic mass is 9.99. The molecule has 59 heavy (non-hydrogen) atoms. The Morgan fingerprint density at radius 2 is 1.17 bits per heavy atom. The molecule has 1 saturated heterocycles. The molecule has 0 aromatic heterocycles. The van der Waals surface area contributed by atoms with Crippen molar-refractivity contribution in [2.45, 2.75) is 198 Å². The van der Waals surface area contributed by atoms with E-state index in [4.69, 9.17) is 23.5 Å². The van der Waals surface area contributed by atoms with Crippen LogP contribution in [0.1, 0.15) is 162 Å². The molecule has 0 amide bonds. The predicted octanol–water partition coefficient (Wildman–Crippen LogP) is 9.35. The minimum atomic E-state index is -5.07. The molecule has 1 aliphatic rings. The van der Waals surface area contributed by atoms with Crippen molar-refractivity contribution in [3.05, 3.63) is 60.8 Å². The van der Waals surface area contributed by atoms with Crippen LogP contribution >= 0.6 is 0 Å². The molecule has 0 bridgehead atoms. The van der Waals surface area contributed by atoms with Crippen LogP contribution < -0.4 is 0 Å². The van der Waals surface area contributed by atoms with Gasteiger partial charge in [-0.25, -0.2) is 4.18 Å². The molecule has 0 radical (unpaired) electrons. The number of carbonyl (C=O) groups excluding carboxylic acids is 1. The predicted molar refractivity (Wildman–Crippen MR) is 234 cm³/mol. The van der Waals surface area contributed by atoms with Crippen LogP contribution in [-0.2, 0) is 38.3 Å². The third kappa shape index (κ3) is 31.3. The molecule has 12 nitrogen and oxygen atoms in total. The lowest BCUT2D eigenvalue weighted by molar-refractivity contribution is -0.301. The van der Waals surface area contributed by atoms with E-state index in [9.17, 15) is 28.5 Å². The molecular weight excluding hydrogens is 777 g/mol. The first kappa shape index (κ1) is 54.8. The number of aliphatic hydroxyl groups excluding tert-OH is 3. The van der Waals surface area contributed by atoms with Gasteiger partial charge in [-0.2, -0.15) is 8.42 Å². The molecule has 1 fully saturated rings. The molecule has 13 heteroatoms. The largest absolute Gasteiger partial charge is 0.457 e. The summed E-state index contributed by atoms with van der Waals surface area (Å²) in [5.74, 6) is -0.431. The van der Waals surface area contributed by atoms with Crippen LogP contribution in [0.5, 0.6) is 0 Å². The number of rotatable bonds is 38. The van der Waals surface area contributed by atoms with Gasteiger partial charge >= 0.3 is 16.4 Å². The zero-order valence-corrected chi connectivity index (χ0v) is 37.1. The molecule has 1 heterocycles. The molecule has 1 rings (SSSR count). The quantitative estimate of drug-likeness (QED) is 0.0201. The maximum Gasteiger partial charge on any atom is 0.397 e. The third-order valence-electron chi connectivity index (χ3n) is 9.90. The van der Waals surface area contributed by atoms with Gasteiger partial charge in [0.15, 0.2) is 6.29 Å². The molecular formula is C46H80O12S. The van der Waals surface area contributed by atoms with Crippen LogP contribution in [0.2, 0.25) is 0 Å². The Morgan fingerprint density at radius 3 is 1.69 bits per heavy atom. The van der Waals surface area contributed by atoms with E-state index in [1.165, 1.54) is 64.2 Å². The van der Waals surface area contributed by atoms with Crippen molar-refractivity contribution >= 4 is 16.4 Å². The summed E-state index contributed by atoms with van der Waals surface area (Å²) in [4.78, 5) is 12.8. The van der Waals surface area contributed by atoms with Gasteiger partial charge in [-0.15, -0.1) is 0 Å². The zero-order chi connectivity index (χ0) is 43.2. The van der Waals surface area contributed by atoms with E-state index in [0.717, 1.165) is 70.6 Å². The van der Waals surface area contributed by atoms with Crippen LogP contribution in [0.3, 0.4) is 0 Å². The summed E-state index contributed by atoms with van der Waals surface area (Å²) >= 11 is 0. The average molecular weight is 857 g/mol. The molecule has 0 aromatic carbocycles. The molecule has 4 N–H and O–H groups in total. The molecule has 0 aromatic rings. The van der Waals surface area contributed by atoms with E-state index in [-0.39, 0.29) is 19.6 Å². The smallest absolute Gasteiger partial charge is 0.397 e. The highest BCUT2D eigenvalue weighted by Crippen LogP contribution is 2.26. The van der Waals surface area contributed by atoms with Crippen molar-refractivity contribution in [1.29, 1.82) is 0 Å². The Kier molecular flexibility index (Phi) is 34.9. The Bertz CT molecular complexity index is 1260. The molecule has 0 aliphatic carbocycles. The van der Waals surface area contributed by atoms with E-state index in [1.54, 1.807) is 0 Å². The Labute approximate surface area is 357 Å². The standard InChI is InChI=1S/C46H80O12S/c1-3-5-7-9-11-13-15-17-18-19-20-21-22-23-25-27-29-31-33-35-42(48)56-40(38-54-36-34-32-30-28-26-24-16-14-12-10-8-6-4-2)39-55-46-44(50)45(58-59(51,52)53)43(49)41(37-47)57-46/h5,7,11,13,17-18,20-21,23,25,40-41,43-47,49-50H,3-4,6,8-10,12,14-16,19,22,24,26-39H2,1-2H3,(H,51,52,53)/b7-5-,13-11-,18-17-,21-20-,25-23-. The van der Waals surface area contributed by atoms with Gasteiger partial charge in [0.1, 0.15) is 30.5 Å². The van der Waals surface area contributed by atoms with Crippen LogP contribution in [0, 0.1) is 0 Å². The van der Waals surface area contributed by atoms with Crippen molar-refractivity contribution < 1.29 is 56.2 Å².